The van der Waals surface area contributed by atoms with Crippen molar-refractivity contribution in [1.29, 1.82) is 5.41 Å². The molecule has 2 aliphatic rings. The van der Waals surface area contributed by atoms with E-state index in [4.69, 9.17) is 28.3 Å². The maximum atomic E-state index is 13.8. The van der Waals surface area contributed by atoms with Crippen molar-refractivity contribution in [1.82, 2.24) is 63.8 Å². The van der Waals surface area contributed by atoms with Gasteiger partial charge in [0.05, 0.1) is 31.6 Å². The lowest BCUT2D eigenvalue weighted by molar-refractivity contribution is -0.141. The SMILES string of the molecule is C.CC(C)[C@@H]1NC(=O)[C@@H](CCCN=C(N)N)NC(=O)CNC(=O)[C@@H](CC(=O)O)NC(=O)C(CCCCNC(=O)C(=N)CCC(=O)NCCCC[C@H]2NC(=O)[C@H](C(C)C)NC(=O)[C@@H](CCCN=C(N)N)NC(=O)CNC(=O)[C@@H](CC(=O)O)NC2=O)NC1=O. The molecule has 0 aromatic carbocycles. The summed E-state index contributed by atoms with van der Waals surface area (Å²) in [5.41, 5.74) is 21.1. The van der Waals surface area contributed by atoms with E-state index >= 15 is 0 Å². The number of hydrogen-bond acceptors (Lipinski definition) is 17. The number of aliphatic carboxylic acids is 2. The number of nitrogens with two attached hydrogens (primary N) is 4. The van der Waals surface area contributed by atoms with E-state index in [9.17, 15) is 77.3 Å². The second-order valence-electron chi connectivity index (χ2n) is 21.1. The summed E-state index contributed by atoms with van der Waals surface area (Å²) in [4.78, 5) is 191. The molecule has 0 radical (unpaired) electrons. The standard InChI is InChI=1S/C51H85N19O16.CH4/c1-25(2)39-48(85)65-30(44(81)67-32(21-37(74)75)42(79)61-23-35(72)63-28(46(83)69-39)13-9-19-59-50(53)54)11-5-7-17-57-34(71)16-15-27(52)41(78)58-18-8-6-12-31-45(82)68-33(22-38(76)77)43(80)62-24-36(73)64-29(14-10-20-60-51(55)56)47(84)70-40(26(3)4)49(86)66-31;/h25-26,28-33,39-40,52H,5-24H2,1-4H3,(H,57,71)(H,58,78)(H,61,79)(H,62,80)(H,63,72)(H,64,73)(H,65,85)(H,66,86)(H,67,81)(H,68,82)(H,69,83)(H,70,84)(H,74,75)(H,76,77)(H4,53,54,59)(H4,55,56,60);1H4/t28-,29-,30-,31?,32-,33-,39+,40+;/m1./s1. The van der Waals surface area contributed by atoms with Crippen molar-refractivity contribution in [2.45, 2.75) is 173 Å². The van der Waals surface area contributed by atoms with Crippen molar-refractivity contribution in [2.24, 2.45) is 44.8 Å². The van der Waals surface area contributed by atoms with Gasteiger partial charge in [-0.2, -0.15) is 0 Å². The van der Waals surface area contributed by atoms with Crippen LogP contribution in [0.25, 0.3) is 0 Å². The average molecular weight is 1240 g/mol. The van der Waals surface area contributed by atoms with Crippen molar-refractivity contribution in [2.75, 3.05) is 39.3 Å². The largest absolute Gasteiger partial charge is 0.481 e. The average Bonchev–Trinajstić information content (AvgIpc) is 3.56. The number of carboxylic acid groups (broad SMARTS) is 2. The number of carbonyl (C=O) groups is 14. The van der Waals surface area contributed by atoms with Gasteiger partial charge in [-0.3, -0.25) is 82.5 Å². The molecule has 87 heavy (non-hydrogen) atoms. The van der Waals surface area contributed by atoms with Crippen LogP contribution in [0.4, 0.5) is 0 Å². The van der Waals surface area contributed by atoms with Gasteiger partial charge in [0.15, 0.2) is 11.9 Å². The molecule has 2 fully saturated rings. The van der Waals surface area contributed by atoms with Crippen LogP contribution >= 0.6 is 0 Å². The number of nitrogens with one attached hydrogen (secondary N) is 13. The zero-order valence-electron chi connectivity index (χ0n) is 48.7. The lowest BCUT2D eigenvalue weighted by Gasteiger charge is -2.27. The topological polar surface area (TPSA) is 576 Å². The molecule has 0 saturated carbocycles. The minimum Gasteiger partial charge on any atom is -0.481 e. The third-order valence-electron chi connectivity index (χ3n) is 13.1. The molecule has 12 amide bonds. The number of nitrogens with zero attached hydrogens (tertiary/aromatic N) is 2. The van der Waals surface area contributed by atoms with Crippen molar-refractivity contribution >= 4 is 100 Å². The highest BCUT2D eigenvalue weighted by Gasteiger charge is 2.36. The molecule has 23 N–H and O–H groups in total. The lowest BCUT2D eigenvalue weighted by Crippen LogP contribution is -2.59. The highest BCUT2D eigenvalue weighted by molar-refractivity contribution is 6.37. The summed E-state index contributed by atoms with van der Waals surface area (Å²) in [6.07, 6.45) is -1.51. The Bertz CT molecular complexity index is 2520. The minimum atomic E-state index is -1.70. The van der Waals surface area contributed by atoms with Gasteiger partial charge in [-0.15, -0.1) is 0 Å². The second kappa shape index (κ2) is 39.4. The van der Waals surface area contributed by atoms with E-state index in [2.05, 4.69) is 73.8 Å². The van der Waals surface area contributed by atoms with E-state index < -0.39 is 175 Å². The van der Waals surface area contributed by atoms with Crippen LogP contribution < -0.4 is 86.7 Å². The molecule has 0 aliphatic carbocycles. The molecule has 8 atom stereocenters. The van der Waals surface area contributed by atoms with E-state index in [-0.39, 0.29) is 123 Å². The van der Waals surface area contributed by atoms with Gasteiger partial charge in [0.25, 0.3) is 5.91 Å². The smallest absolute Gasteiger partial charge is 0.305 e. The monoisotopic (exact) mass is 1240 g/mol. The summed E-state index contributed by atoms with van der Waals surface area (Å²) >= 11 is 0. The molecule has 1 unspecified atom stereocenters. The van der Waals surface area contributed by atoms with Crippen LogP contribution in [-0.2, 0) is 67.1 Å². The molecule has 488 valence electrons. The zero-order valence-corrected chi connectivity index (χ0v) is 48.7. The van der Waals surface area contributed by atoms with Crippen molar-refractivity contribution in [3.05, 3.63) is 0 Å². The molecule has 35 heteroatoms. The van der Waals surface area contributed by atoms with Crippen LogP contribution in [0.5, 0.6) is 0 Å². The number of hydrogen-bond donors (Lipinski definition) is 19. The number of unbranched alkanes of at least 4 members (excludes halogenated alkanes) is 2. The second-order valence-corrected chi connectivity index (χ2v) is 21.1. The summed E-state index contributed by atoms with van der Waals surface area (Å²) in [5.74, 6) is -14.7. The normalized spacial score (nSPS) is 22.0. The predicted molar refractivity (Wildman–Crippen MR) is 313 cm³/mol. The van der Waals surface area contributed by atoms with E-state index in [1.807, 2.05) is 0 Å². The first-order chi connectivity index (χ1) is 40.5. The molecule has 35 nitrogen and oxygen atoms in total. The molecule has 0 spiro atoms. The maximum Gasteiger partial charge on any atom is 0.305 e. The fourth-order valence-electron chi connectivity index (χ4n) is 8.49. The zero-order chi connectivity index (χ0) is 64.6. The fraction of sp³-hybridized carbons (Fsp3) is 0.673. The Hall–Kier alpha value is -9.21. The molecule has 2 saturated heterocycles. The molecule has 2 aliphatic heterocycles. The van der Waals surface area contributed by atoms with Gasteiger partial charge < -0.3 is 96.9 Å². The fourth-order valence-corrected chi connectivity index (χ4v) is 8.49. The van der Waals surface area contributed by atoms with Crippen molar-refractivity contribution < 1.29 is 77.3 Å². The van der Waals surface area contributed by atoms with Gasteiger partial charge in [-0.1, -0.05) is 35.1 Å². The van der Waals surface area contributed by atoms with Crippen LogP contribution in [0.3, 0.4) is 0 Å². The molecule has 0 aromatic heterocycles. The van der Waals surface area contributed by atoms with Crippen LogP contribution in [0.2, 0.25) is 0 Å². The van der Waals surface area contributed by atoms with Crippen molar-refractivity contribution in [3.8, 4) is 0 Å². The lowest BCUT2D eigenvalue weighted by atomic mass is 10.0. The summed E-state index contributed by atoms with van der Waals surface area (Å²) in [7, 11) is 0. The van der Waals surface area contributed by atoms with E-state index in [1.165, 1.54) is 0 Å². The van der Waals surface area contributed by atoms with E-state index in [0.29, 0.717) is 0 Å². The first kappa shape index (κ1) is 75.8. The number of rotatable bonds is 28. The summed E-state index contributed by atoms with van der Waals surface area (Å²) in [6, 6.07) is -11.2. The van der Waals surface area contributed by atoms with Crippen LogP contribution in [-0.4, -0.2) is 198 Å². The third kappa shape index (κ3) is 29.9. The van der Waals surface area contributed by atoms with Gasteiger partial charge in [0.1, 0.15) is 48.3 Å². The van der Waals surface area contributed by atoms with Gasteiger partial charge in [0.2, 0.25) is 65.0 Å². The predicted octanol–water partition coefficient (Wildman–Crippen LogP) is -6.50. The van der Waals surface area contributed by atoms with Crippen LogP contribution in [0.15, 0.2) is 9.98 Å². The highest BCUT2D eigenvalue weighted by Crippen LogP contribution is 2.12. The van der Waals surface area contributed by atoms with Gasteiger partial charge in [-0.05, 0) is 76.0 Å². The summed E-state index contributed by atoms with van der Waals surface area (Å²) < 4.78 is 0. The van der Waals surface area contributed by atoms with Gasteiger partial charge in [-0.25, -0.2) is 0 Å². The van der Waals surface area contributed by atoms with E-state index in [1.54, 1.807) is 27.7 Å². The highest BCUT2D eigenvalue weighted by atomic mass is 16.4. The van der Waals surface area contributed by atoms with Crippen molar-refractivity contribution in [3.63, 3.8) is 0 Å². The summed E-state index contributed by atoms with van der Waals surface area (Å²) in [6.45, 7) is 5.23. The molecule has 2 rings (SSSR count). The third-order valence-corrected chi connectivity index (χ3v) is 13.1. The number of aliphatic imine (C=N–C) groups is 2. The van der Waals surface area contributed by atoms with Crippen LogP contribution in [0.1, 0.15) is 125 Å². The Morgan fingerprint density at radius 1 is 0.483 bits per heavy atom. The van der Waals surface area contributed by atoms with Crippen LogP contribution in [0, 0.1) is 17.2 Å². The Balaban J connectivity index is 0.0000378. The molecule has 0 aromatic rings. The minimum absolute atomic E-state index is 0. The van der Waals surface area contributed by atoms with E-state index in [0.717, 1.165) is 0 Å². The molecule has 0 bridgehead atoms. The number of carbonyl (C=O) groups excluding carboxylic acids is 12. The molecular weight excluding hydrogens is 1150 g/mol. The Morgan fingerprint density at radius 3 is 1.20 bits per heavy atom. The first-order valence-corrected chi connectivity index (χ1v) is 28.1. The first-order valence-electron chi connectivity index (χ1n) is 28.1. The number of carboxylic acids is 2. The molecule has 2 heterocycles. The quantitative estimate of drug-likeness (QED) is 0.0197. The number of amides is 12. The summed E-state index contributed by atoms with van der Waals surface area (Å²) in [5, 5.41) is 57.0. The van der Waals surface area contributed by atoms with Gasteiger partial charge >= 0.3 is 11.9 Å². The Kier molecular flexibility index (Phi) is 34.3. The maximum absolute atomic E-state index is 13.8. The number of guanidine groups is 2. The Morgan fingerprint density at radius 2 is 0.828 bits per heavy atom. The van der Waals surface area contributed by atoms with Gasteiger partial charge in [0, 0.05) is 39.0 Å². The molecular formula is C52H89N19O16. The Labute approximate surface area is 503 Å².